The molecule has 2 unspecified atom stereocenters. The standard InChI is InChI=1S/C16H20FNO3/c1-3-13-10-21-11(2)9-18(13)16-12(7-8-15(19)20)5-4-6-14(16)17/h4-8,11,13H,3,9-10H2,1-2H3,(H,19,20)/b8-7+. The maximum atomic E-state index is 14.3. The van der Waals surface area contributed by atoms with Gasteiger partial charge in [0.05, 0.1) is 24.4 Å². The molecule has 0 aliphatic carbocycles. The second-order valence-electron chi connectivity index (χ2n) is 5.21. The van der Waals surface area contributed by atoms with E-state index in [0.717, 1.165) is 12.5 Å². The van der Waals surface area contributed by atoms with Crippen LogP contribution in [0.5, 0.6) is 0 Å². The molecule has 0 saturated carbocycles. The summed E-state index contributed by atoms with van der Waals surface area (Å²) in [5, 5.41) is 8.77. The van der Waals surface area contributed by atoms with Crippen molar-refractivity contribution in [2.45, 2.75) is 32.4 Å². The molecule has 0 aromatic heterocycles. The predicted octanol–water partition coefficient (Wildman–Crippen LogP) is 2.93. The molecule has 1 fully saturated rings. The van der Waals surface area contributed by atoms with Gasteiger partial charge in [-0.15, -0.1) is 0 Å². The minimum Gasteiger partial charge on any atom is -0.478 e. The van der Waals surface area contributed by atoms with E-state index in [0.29, 0.717) is 24.4 Å². The van der Waals surface area contributed by atoms with Crippen molar-refractivity contribution in [1.82, 2.24) is 0 Å². The normalized spacial score (nSPS) is 22.7. The molecule has 0 amide bonds. The highest BCUT2D eigenvalue weighted by Gasteiger charge is 2.28. The lowest BCUT2D eigenvalue weighted by molar-refractivity contribution is -0.131. The molecule has 4 nitrogen and oxygen atoms in total. The highest BCUT2D eigenvalue weighted by atomic mass is 19.1. The Morgan fingerprint density at radius 2 is 2.33 bits per heavy atom. The number of carbonyl (C=O) groups is 1. The van der Waals surface area contributed by atoms with Gasteiger partial charge in [0.2, 0.25) is 0 Å². The summed E-state index contributed by atoms with van der Waals surface area (Å²) < 4.78 is 20.0. The third-order valence-electron chi connectivity index (χ3n) is 3.65. The van der Waals surface area contributed by atoms with E-state index in [-0.39, 0.29) is 18.0 Å². The number of ether oxygens (including phenoxy) is 1. The fourth-order valence-electron chi connectivity index (χ4n) is 2.59. The summed E-state index contributed by atoms with van der Waals surface area (Å²) in [5.41, 5.74) is 1.03. The maximum Gasteiger partial charge on any atom is 0.328 e. The number of hydrogen-bond donors (Lipinski definition) is 1. The first-order valence-corrected chi connectivity index (χ1v) is 7.10. The molecule has 2 atom stereocenters. The third-order valence-corrected chi connectivity index (χ3v) is 3.65. The Bertz CT molecular complexity index is 544. The van der Waals surface area contributed by atoms with Crippen LogP contribution in [0.1, 0.15) is 25.8 Å². The van der Waals surface area contributed by atoms with E-state index >= 15 is 0 Å². The minimum absolute atomic E-state index is 0.0173. The average molecular weight is 293 g/mol. The molecule has 1 aliphatic rings. The zero-order chi connectivity index (χ0) is 15.4. The van der Waals surface area contributed by atoms with Crippen LogP contribution in [-0.4, -0.2) is 36.4 Å². The first-order chi connectivity index (χ1) is 10.0. The Kier molecular flexibility index (Phi) is 4.96. The van der Waals surface area contributed by atoms with Crippen molar-refractivity contribution in [3.63, 3.8) is 0 Å². The molecular formula is C16H20FNO3. The topological polar surface area (TPSA) is 49.8 Å². The van der Waals surface area contributed by atoms with E-state index in [1.165, 1.54) is 12.1 Å². The molecular weight excluding hydrogens is 273 g/mol. The number of carboxylic acid groups (broad SMARTS) is 1. The van der Waals surface area contributed by atoms with Crippen LogP contribution in [-0.2, 0) is 9.53 Å². The Labute approximate surface area is 123 Å². The van der Waals surface area contributed by atoms with Gasteiger partial charge in [0.25, 0.3) is 0 Å². The van der Waals surface area contributed by atoms with Gasteiger partial charge in [-0.3, -0.25) is 0 Å². The summed E-state index contributed by atoms with van der Waals surface area (Å²) in [6, 6.07) is 4.81. The fourth-order valence-corrected chi connectivity index (χ4v) is 2.59. The van der Waals surface area contributed by atoms with E-state index in [9.17, 15) is 9.18 Å². The molecule has 5 heteroatoms. The number of halogens is 1. The number of carboxylic acids is 1. The zero-order valence-electron chi connectivity index (χ0n) is 12.3. The Morgan fingerprint density at radius 1 is 1.57 bits per heavy atom. The number of hydrogen-bond acceptors (Lipinski definition) is 3. The molecule has 1 aliphatic heterocycles. The lowest BCUT2D eigenvalue weighted by Gasteiger charge is -2.40. The quantitative estimate of drug-likeness (QED) is 0.867. The van der Waals surface area contributed by atoms with Crippen LogP contribution in [0, 0.1) is 5.82 Å². The van der Waals surface area contributed by atoms with E-state index in [1.54, 1.807) is 12.1 Å². The van der Waals surface area contributed by atoms with Gasteiger partial charge in [-0.25, -0.2) is 9.18 Å². The van der Waals surface area contributed by atoms with E-state index in [4.69, 9.17) is 9.84 Å². The second kappa shape index (κ2) is 6.72. The highest BCUT2D eigenvalue weighted by molar-refractivity contribution is 5.87. The van der Waals surface area contributed by atoms with Crippen LogP contribution in [0.2, 0.25) is 0 Å². The van der Waals surface area contributed by atoms with Crippen LogP contribution < -0.4 is 4.90 Å². The Hall–Kier alpha value is -1.88. The smallest absolute Gasteiger partial charge is 0.328 e. The number of rotatable bonds is 4. The summed E-state index contributed by atoms with van der Waals surface area (Å²) in [4.78, 5) is 12.7. The summed E-state index contributed by atoms with van der Waals surface area (Å²) in [6.45, 7) is 5.12. The van der Waals surface area contributed by atoms with Crippen LogP contribution in [0.15, 0.2) is 24.3 Å². The van der Waals surface area contributed by atoms with Crippen molar-refractivity contribution in [3.05, 3.63) is 35.7 Å². The van der Waals surface area contributed by atoms with E-state index < -0.39 is 5.97 Å². The molecule has 21 heavy (non-hydrogen) atoms. The average Bonchev–Trinajstić information content (AvgIpc) is 2.45. The van der Waals surface area contributed by atoms with Crippen LogP contribution in [0.4, 0.5) is 10.1 Å². The molecule has 0 radical (unpaired) electrons. The van der Waals surface area contributed by atoms with Gasteiger partial charge < -0.3 is 14.7 Å². The molecule has 1 heterocycles. The van der Waals surface area contributed by atoms with Gasteiger partial charge in [-0.1, -0.05) is 19.1 Å². The van der Waals surface area contributed by atoms with Crippen molar-refractivity contribution >= 4 is 17.7 Å². The summed E-state index contributed by atoms with van der Waals surface area (Å²) >= 11 is 0. The Morgan fingerprint density at radius 3 is 3.00 bits per heavy atom. The van der Waals surface area contributed by atoms with Crippen LogP contribution in [0.3, 0.4) is 0 Å². The van der Waals surface area contributed by atoms with Crippen molar-refractivity contribution in [3.8, 4) is 0 Å². The van der Waals surface area contributed by atoms with Crippen LogP contribution in [0.25, 0.3) is 6.08 Å². The SMILES string of the molecule is CCC1COC(C)CN1c1c(F)cccc1/C=C/C(=O)O. The summed E-state index contributed by atoms with van der Waals surface area (Å²) in [5.74, 6) is -1.39. The molecule has 1 N–H and O–H groups in total. The monoisotopic (exact) mass is 293 g/mol. The number of nitrogens with zero attached hydrogens (tertiary/aromatic N) is 1. The van der Waals surface area contributed by atoms with Gasteiger partial charge in [-0.2, -0.15) is 0 Å². The second-order valence-corrected chi connectivity index (χ2v) is 5.21. The van der Waals surface area contributed by atoms with Gasteiger partial charge in [0.1, 0.15) is 5.82 Å². The number of aliphatic carboxylic acids is 1. The summed E-state index contributed by atoms with van der Waals surface area (Å²) in [7, 11) is 0. The van der Waals surface area contributed by atoms with Gasteiger partial charge in [0.15, 0.2) is 0 Å². The highest BCUT2D eigenvalue weighted by Crippen LogP contribution is 2.30. The Balaban J connectivity index is 2.42. The maximum absolute atomic E-state index is 14.3. The van der Waals surface area contributed by atoms with Crippen LogP contribution >= 0.6 is 0 Å². The molecule has 1 aromatic rings. The molecule has 0 spiro atoms. The number of anilines is 1. The summed E-state index contributed by atoms with van der Waals surface area (Å²) in [6.07, 6.45) is 3.32. The number of benzene rings is 1. The fraction of sp³-hybridized carbons (Fsp3) is 0.438. The third kappa shape index (κ3) is 3.61. The lowest BCUT2D eigenvalue weighted by atomic mass is 10.0. The first kappa shape index (κ1) is 15.5. The number of para-hydroxylation sites is 1. The van der Waals surface area contributed by atoms with E-state index in [1.807, 2.05) is 18.7 Å². The van der Waals surface area contributed by atoms with Crippen molar-refractivity contribution in [1.29, 1.82) is 0 Å². The molecule has 0 bridgehead atoms. The van der Waals surface area contributed by atoms with Crippen molar-refractivity contribution in [2.24, 2.45) is 0 Å². The van der Waals surface area contributed by atoms with Crippen molar-refractivity contribution in [2.75, 3.05) is 18.1 Å². The van der Waals surface area contributed by atoms with E-state index in [2.05, 4.69) is 0 Å². The zero-order valence-corrected chi connectivity index (χ0v) is 12.3. The van der Waals surface area contributed by atoms with Crippen molar-refractivity contribution < 1.29 is 19.0 Å². The van der Waals surface area contributed by atoms with Gasteiger partial charge >= 0.3 is 5.97 Å². The van der Waals surface area contributed by atoms with Gasteiger partial charge in [0, 0.05) is 18.2 Å². The predicted molar refractivity (Wildman–Crippen MR) is 79.9 cm³/mol. The molecule has 2 rings (SSSR count). The minimum atomic E-state index is -1.05. The number of morpholine rings is 1. The molecule has 1 aromatic carbocycles. The first-order valence-electron chi connectivity index (χ1n) is 7.10. The molecule has 1 saturated heterocycles. The lowest BCUT2D eigenvalue weighted by Crippen LogP contribution is -2.49. The largest absolute Gasteiger partial charge is 0.478 e. The van der Waals surface area contributed by atoms with Gasteiger partial charge in [-0.05, 0) is 25.5 Å². The molecule has 114 valence electrons.